The highest BCUT2D eigenvalue weighted by atomic mass is 31.2. The van der Waals surface area contributed by atoms with Crippen molar-refractivity contribution in [3.63, 3.8) is 0 Å². The van der Waals surface area contributed by atoms with E-state index in [-0.39, 0.29) is 0 Å². The van der Waals surface area contributed by atoms with Crippen LogP contribution in [0.25, 0.3) is 0 Å². The molecule has 0 fully saturated rings. The summed E-state index contributed by atoms with van der Waals surface area (Å²) in [5.74, 6) is 0.429. The molecule has 78 valence electrons. The Morgan fingerprint density at radius 2 is 1.62 bits per heavy atom. The summed E-state index contributed by atoms with van der Waals surface area (Å²) in [5.41, 5.74) is 0.964. The molecule has 4 nitrogen and oxygen atoms in total. The number of hydrogen-bond donors (Lipinski definition) is 2. The van der Waals surface area contributed by atoms with Crippen molar-refractivity contribution in [2.45, 2.75) is 40.0 Å². The van der Waals surface area contributed by atoms with Crippen LogP contribution in [0.3, 0.4) is 0 Å². The third kappa shape index (κ3) is 5.09. The Kier molecular flexibility index (Phi) is 5.30. The molecule has 0 aliphatic heterocycles. The molecule has 0 aliphatic rings. The second kappa shape index (κ2) is 5.43. The summed E-state index contributed by atoms with van der Waals surface area (Å²) in [4.78, 5) is 17.2. The minimum Gasteiger partial charge on any atom is -0.409 e. The van der Waals surface area contributed by atoms with E-state index < -0.39 is 7.82 Å². The van der Waals surface area contributed by atoms with Crippen LogP contribution in [-0.2, 0) is 9.09 Å². The third-order valence-electron chi connectivity index (χ3n) is 1.80. The lowest BCUT2D eigenvalue weighted by Gasteiger charge is -2.13. The van der Waals surface area contributed by atoms with Gasteiger partial charge in [0.15, 0.2) is 0 Å². The van der Waals surface area contributed by atoms with E-state index in [2.05, 4.69) is 4.52 Å². The summed E-state index contributed by atoms with van der Waals surface area (Å²) in [7, 11) is -4.38. The maximum atomic E-state index is 10.6. The van der Waals surface area contributed by atoms with E-state index in [1.54, 1.807) is 0 Å². The molecule has 0 radical (unpaired) electrons. The average molecular weight is 208 g/mol. The second-order valence-corrected chi connectivity index (χ2v) is 3.83. The van der Waals surface area contributed by atoms with E-state index in [0.29, 0.717) is 12.2 Å². The molecule has 0 aromatic heterocycles. The summed E-state index contributed by atoms with van der Waals surface area (Å²) in [6.45, 7) is 5.70. The molecule has 0 bridgehead atoms. The molecule has 5 heteroatoms. The normalized spacial score (nSPS) is 11.2. The van der Waals surface area contributed by atoms with E-state index in [4.69, 9.17) is 9.79 Å². The summed E-state index contributed by atoms with van der Waals surface area (Å²) >= 11 is 0. The molecular weight excluding hydrogens is 191 g/mol. The fraction of sp³-hybridized carbons (Fsp3) is 0.750. The van der Waals surface area contributed by atoms with Gasteiger partial charge in [0.1, 0.15) is 5.76 Å². The molecule has 0 aromatic rings. The molecule has 0 saturated heterocycles. The van der Waals surface area contributed by atoms with Crippen LogP contribution in [0.4, 0.5) is 0 Å². The van der Waals surface area contributed by atoms with Crippen LogP contribution < -0.4 is 0 Å². The molecule has 0 spiro atoms. The van der Waals surface area contributed by atoms with Gasteiger partial charge >= 0.3 is 7.82 Å². The molecule has 0 aliphatic carbocycles. The van der Waals surface area contributed by atoms with Gasteiger partial charge in [-0.2, -0.15) is 0 Å². The number of hydrogen-bond acceptors (Lipinski definition) is 2. The van der Waals surface area contributed by atoms with Crippen LogP contribution in [0.15, 0.2) is 11.3 Å². The number of phosphoric acid groups is 1. The van der Waals surface area contributed by atoms with Gasteiger partial charge in [-0.1, -0.05) is 20.8 Å². The fourth-order valence-electron chi connectivity index (χ4n) is 1.17. The van der Waals surface area contributed by atoms with Crippen molar-refractivity contribution in [2.75, 3.05) is 0 Å². The molecule has 0 rings (SSSR count). The topological polar surface area (TPSA) is 66.8 Å². The van der Waals surface area contributed by atoms with Crippen LogP contribution in [0.2, 0.25) is 0 Å². The molecular formula is C8H17O4P. The predicted molar refractivity (Wildman–Crippen MR) is 51.0 cm³/mol. The van der Waals surface area contributed by atoms with Crippen molar-refractivity contribution >= 4 is 7.82 Å². The van der Waals surface area contributed by atoms with Crippen LogP contribution in [0.5, 0.6) is 0 Å². The Morgan fingerprint density at radius 3 is 1.85 bits per heavy atom. The first-order chi connectivity index (χ1) is 5.94. The minimum atomic E-state index is -4.38. The van der Waals surface area contributed by atoms with E-state index in [0.717, 1.165) is 18.4 Å². The van der Waals surface area contributed by atoms with Gasteiger partial charge in [-0.15, -0.1) is 0 Å². The van der Waals surface area contributed by atoms with Crippen molar-refractivity contribution in [3.05, 3.63) is 11.3 Å². The zero-order chi connectivity index (χ0) is 10.5. The highest BCUT2D eigenvalue weighted by Gasteiger charge is 2.18. The van der Waals surface area contributed by atoms with Gasteiger partial charge < -0.3 is 4.52 Å². The standard InChI is InChI=1S/C8H17O4P/c1-4-7(5-2)8(6-3)12-13(9,10)11/h4-6H2,1-3H3,(H2,9,10,11). The zero-order valence-electron chi connectivity index (χ0n) is 8.28. The number of allylic oxidation sites excluding steroid dienone is 2. The first-order valence-corrected chi connectivity index (χ1v) is 5.93. The average Bonchev–Trinajstić information content (AvgIpc) is 2.02. The van der Waals surface area contributed by atoms with E-state index in [1.807, 2.05) is 20.8 Å². The molecule has 0 heterocycles. The van der Waals surface area contributed by atoms with Crippen molar-refractivity contribution in [1.29, 1.82) is 0 Å². The second-order valence-electron chi connectivity index (χ2n) is 2.67. The molecule has 2 N–H and O–H groups in total. The Bertz CT molecular complexity index is 222. The van der Waals surface area contributed by atoms with E-state index in [9.17, 15) is 4.57 Å². The fourth-order valence-corrected chi connectivity index (χ4v) is 1.71. The zero-order valence-corrected chi connectivity index (χ0v) is 9.17. The largest absolute Gasteiger partial charge is 0.524 e. The van der Waals surface area contributed by atoms with Crippen LogP contribution in [0, 0.1) is 0 Å². The van der Waals surface area contributed by atoms with E-state index in [1.165, 1.54) is 0 Å². The molecule has 13 heavy (non-hydrogen) atoms. The summed E-state index contributed by atoms with van der Waals surface area (Å²) in [5, 5.41) is 0. The molecule has 0 saturated carbocycles. The lowest BCUT2D eigenvalue weighted by Crippen LogP contribution is -1.94. The van der Waals surface area contributed by atoms with Gasteiger partial charge in [0.25, 0.3) is 0 Å². The van der Waals surface area contributed by atoms with Crippen molar-refractivity contribution in [1.82, 2.24) is 0 Å². The van der Waals surface area contributed by atoms with Gasteiger partial charge in [0.05, 0.1) is 0 Å². The number of phosphoric ester groups is 1. The Morgan fingerprint density at radius 1 is 1.15 bits per heavy atom. The smallest absolute Gasteiger partial charge is 0.409 e. The Labute approximate surface area is 78.9 Å². The summed E-state index contributed by atoms with van der Waals surface area (Å²) < 4.78 is 15.2. The van der Waals surface area contributed by atoms with Gasteiger partial charge in [0, 0.05) is 6.42 Å². The van der Waals surface area contributed by atoms with E-state index >= 15 is 0 Å². The lowest BCUT2D eigenvalue weighted by molar-refractivity contribution is 0.235. The van der Waals surface area contributed by atoms with Crippen molar-refractivity contribution < 1.29 is 18.9 Å². The van der Waals surface area contributed by atoms with Crippen LogP contribution in [-0.4, -0.2) is 9.79 Å². The SMILES string of the molecule is CCC(CC)=C(CC)OP(=O)(O)O. The molecule has 0 amide bonds. The van der Waals surface area contributed by atoms with Gasteiger partial charge in [-0.05, 0) is 18.4 Å². The third-order valence-corrected chi connectivity index (χ3v) is 2.26. The quantitative estimate of drug-likeness (QED) is 0.538. The van der Waals surface area contributed by atoms with Gasteiger partial charge in [-0.25, -0.2) is 4.57 Å². The Hall–Kier alpha value is -0.310. The highest BCUT2D eigenvalue weighted by molar-refractivity contribution is 7.46. The maximum absolute atomic E-state index is 10.6. The molecule has 0 atom stereocenters. The van der Waals surface area contributed by atoms with Crippen LogP contribution in [0.1, 0.15) is 40.0 Å². The van der Waals surface area contributed by atoms with Gasteiger partial charge in [0.2, 0.25) is 0 Å². The lowest BCUT2D eigenvalue weighted by atomic mass is 10.1. The minimum absolute atomic E-state index is 0.429. The predicted octanol–water partition coefficient (Wildman–Crippen LogP) is 2.58. The summed E-state index contributed by atoms with van der Waals surface area (Å²) in [6.07, 6.45) is 2.04. The summed E-state index contributed by atoms with van der Waals surface area (Å²) in [6, 6.07) is 0. The van der Waals surface area contributed by atoms with Crippen molar-refractivity contribution in [2.24, 2.45) is 0 Å². The first-order valence-electron chi connectivity index (χ1n) is 4.40. The maximum Gasteiger partial charge on any atom is 0.524 e. The van der Waals surface area contributed by atoms with Gasteiger partial charge in [-0.3, -0.25) is 9.79 Å². The Balaban J connectivity index is 4.67. The monoisotopic (exact) mass is 208 g/mol. The molecule has 0 aromatic carbocycles. The number of rotatable bonds is 5. The first kappa shape index (κ1) is 12.7. The highest BCUT2D eigenvalue weighted by Crippen LogP contribution is 2.41. The van der Waals surface area contributed by atoms with Crippen LogP contribution >= 0.6 is 7.82 Å². The van der Waals surface area contributed by atoms with Crippen molar-refractivity contribution in [3.8, 4) is 0 Å². The molecule has 0 unspecified atom stereocenters.